The molecule has 0 aromatic carbocycles. The maximum atomic E-state index is 10.9. The number of carbonyl (C=O) groups is 2. The average Bonchev–Trinajstić information content (AvgIpc) is 3.14. The minimum absolute atomic E-state index is 0.131. The minimum atomic E-state index is -0.607. The molecule has 3 aromatic rings. The first-order valence-electron chi connectivity index (χ1n) is 6.56. The predicted octanol–water partition coefficient (Wildman–Crippen LogP) is 1.72. The van der Waals surface area contributed by atoms with Crippen molar-refractivity contribution < 1.29 is 9.59 Å². The lowest BCUT2D eigenvalue weighted by Crippen LogP contribution is -2.13. The Balaban J connectivity index is 0.000000203. The van der Waals surface area contributed by atoms with E-state index in [2.05, 4.69) is 9.97 Å². The fourth-order valence-corrected chi connectivity index (χ4v) is 2.57. The number of primary amides is 1. The summed E-state index contributed by atoms with van der Waals surface area (Å²) in [5.74, 6) is -0.607. The second-order valence-corrected chi connectivity index (χ2v) is 5.52. The molecule has 0 saturated heterocycles. The summed E-state index contributed by atoms with van der Waals surface area (Å²) in [6.07, 6.45) is 5.97. The molecular formula is C15H15N5O2S. The van der Waals surface area contributed by atoms with Gasteiger partial charge in [-0.05, 0) is 24.3 Å². The molecule has 0 aliphatic carbocycles. The molecule has 118 valence electrons. The zero-order chi connectivity index (χ0) is 16.8. The van der Waals surface area contributed by atoms with Gasteiger partial charge in [0, 0.05) is 31.2 Å². The fraction of sp³-hybridized carbons (Fsp3) is 0.0667. The van der Waals surface area contributed by atoms with Crippen LogP contribution in [0, 0.1) is 0 Å². The SMILES string of the molecule is Cn1cccc1C=O.NC(=O)c1nc(-c2ccncc2)sc1N. The van der Waals surface area contributed by atoms with Gasteiger partial charge in [0.25, 0.3) is 5.91 Å². The van der Waals surface area contributed by atoms with E-state index in [9.17, 15) is 9.59 Å². The van der Waals surface area contributed by atoms with Crippen LogP contribution in [0.5, 0.6) is 0 Å². The lowest BCUT2D eigenvalue weighted by atomic mass is 10.3. The summed E-state index contributed by atoms with van der Waals surface area (Å²) in [4.78, 5) is 29.0. The van der Waals surface area contributed by atoms with E-state index in [0.717, 1.165) is 11.8 Å². The highest BCUT2D eigenvalue weighted by Crippen LogP contribution is 2.29. The number of amides is 1. The topological polar surface area (TPSA) is 117 Å². The first-order chi connectivity index (χ1) is 11.0. The number of carbonyl (C=O) groups excluding carboxylic acids is 2. The first kappa shape index (κ1) is 16.4. The molecular weight excluding hydrogens is 314 g/mol. The van der Waals surface area contributed by atoms with Crippen molar-refractivity contribution in [2.24, 2.45) is 12.8 Å². The molecule has 0 atom stereocenters. The Labute approximate surface area is 136 Å². The van der Waals surface area contributed by atoms with Crippen LogP contribution in [-0.4, -0.2) is 26.7 Å². The smallest absolute Gasteiger partial charge is 0.270 e. The number of aryl methyl sites for hydroxylation is 1. The number of anilines is 1. The number of nitrogen functional groups attached to an aromatic ring is 1. The minimum Gasteiger partial charge on any atom is -0.389 e. The van der Waals surface area contributed by atoms with Gasteiger partial charge in [-0.2, -0.15) is 0 Å². The van der Waals surface area contributed by atoms with Crippen LogP contribution in [0.4, 0.5) is 5.00 Å². The van der Waals surface area contributed by atoms with E-state index >= 15 is 0 Å². The number of hydrogen-bond donors (Lipinski definition) is 2. The molecule has 0 aliphatic rings. The van der Waals surface area contributed by atoms with Gasteiger partial charge in [-0.15, -0.1) is 0 Å². The number of thiazole rings is 1. The highest BCUT2D eigenvalue weighted by atomic mass is 32.1. The van der Waals surface area contributed by atoms with Gasteiger partial charge in [0.05, 0.1) is 5.69 Å². The van der Waals surface area contributed by atoms with Crippen molar-refractivity contribution in [1.29, 1.82) is 0 Å². The Bertz CT molecular complexity index is 810. The summed E-state index contributed by atoms with van der Waals surface area (Å²) in [6.45, 7) is 0. The average molecular weight is 329 g/mol. The maximum Gasteiger partial charge on any atom is 0.270 e. The van der Waals surface area contributed by atoms with Crippen LogP contribution < -0.4 is 11.5 Å². The second kappa shape index (κ2) is 7.32. The number of hydrogen-bond acceptors (Lipinski definition) is 6. The summed E-state index contributed by atoms with van der Waals surface area (Å²) >= 11 is 1.23. The molecule has 3 heterocycles. The van der Waals surface area contributed by atoms with E-state index in [4.69, 9.17) is 11.5 Å². The van der Waals surface area contributed by atoms with E-state index < -0.39 is 5.91 Å². The fourth-order valence-electron chi connectivity index (χ4n) is 1.72. The van der Waals surface area contributed by atoms with Crippen LogP contribution in [0.15, 0.2) is 42.9 Å². The molecule has 8 heteroatoms. The summed E-state index contributed by atoms with van der Waals surface area (Å²) in [6, 6.07) is 7.20. The van der Waals surface area contributed by atoms with E-state index in [-0.39, 0.29) is 5.69 Å². The van der Waals surface area contributed by atoms with Crippen LogP contribution in [0.3, 0.4) is 0 Å². The summed E-state index contributed by atoms with van der Waals surface area (Å²) in [5.41, 5.74) is 12.5. The zero-order valence-electron chi connectivity index (χ0n) is 12.3. The molecule has 0 bridgehead atoms. The standard InChI is InChI=1S/C9H8N4OS.C6H7NO/c10-7(14)6-8(11)15-9(13-6)5-1-3-12-4-2-5;1-7-4-2-3-6(7)5-8/h1-4H,11H2,(H2,10,14);2-5H,1H3. The molecule has 4 N–H and O–H groups in total. The number of nitrogens with zero attached hydrogens (tertiary/aromatic N) is 3. The molecule has 1 amide bonds. The monoisotopic (exact) mass is 329 g/mol. The molecule has 23 heavy (non-hydrogen) atoms. The van der Waals surface area contributed by atoms with Gasteiger partial charge in [-0.1, -0.05) is 11.3 Å². The van der Waals surface area contributed by atoms with E-state index in [1.165, 1.54) is 11.3 Å². The number of aldehydes is 1. The summed E-state index contributed by atoms with van der Waals surface area (Å²) in [7, 11) is 1.84. The Morgan fingerprint density at radius 3 is 2.43 bits per heavy atom. The summed E-state index contributed by atoms with van der Waals surface area (Å²) < 4.78 is 1.77. The van der Waals surface area contributed by atoms with Crippen LogP contribution in [0.2, 0.25) is 0 Å². The van der Waals surface area contributed by atoms with Gasteiger partial charge in [0.15, 0.2) is 12.0 Å². The van der Waals surface area contributed by atoms with Gasteiger partial charge in [0.1, 0.15) is 10.0 Å². The van der Waals surface area contributed by atoms with Crippen molar-refractivity contribution in [2.45, 2.75) is 0 Å². The van der Waals surface area contributed by atoms with Crippen LogP contribution in [-0.2, 0) is 7.05 Å². The molecule has 7 nitrogen and oxygen atoms in total. The molecule has 0 fully saturated rings. The van der Waals surface area contributed by atoms with Crippen LogP contribution in [0.25, 0.3) is 10.6 Å². The third-order valence-corrected chi connectivity index (χ3v) is 3.85. The first-order valence-corrected chi connectivity index (χ1v) is 7.37. The third kappa shape index (κ3) is 4.01. The lowest BCUT2D eigenvalue weighted by Gasteiger charge is -1.92. The normalized spacial score (nSPS) is 9.78. The van der Waals surface area contributed by atoms with Crippen molar-refractivity contribution >= 4 is 28.5 Å². The predicted molar refractivity (Wildman–Crippen MR) is 89.1 cm³/mol. The number of rotatable bonds is 3. The number of pyridine rings is 1. The lowest BCUT2D eigenvalue weighted by molar-refractivity contribution is 0.0996. The van der Waals surface area contributed by atoms with Gasteiger partial charge < -0.3 is 16.0 Å². The van der Waals surface area contributed by atoms with E-state index in [1.807, 2.05) is 19.3 Å². The quantitative estimate of drug-likeness (QED) is 0.710. The number of aromatic nitrogens is 3. The molecule has 3 aromatic heterocycles. The Morgan fingerprint density at radius 2 is 2.00 bits per heavy atom. The van der Waals surface area contributed by atoms with Gasteiger partial charge >= 0.3 is 0 Å². The highest BCUT2D eigenvalue weighted by Gasteiger charge is 2.13. The molecule has 0 aliphatic heterocycles. The Hall–Kier alpha value is -3.00. The van der Waals surface area contributed by atoms with Crippen molar-refractivity contribution in [3.05, 3.63) is 54.2 Å². The third-order valence-electron chi connectivity index (χ3n) is 2.92. The molecule has 3 rings (SSSR count). The van der Waals surface area contributed by atoms with Crippen molar-refractivity contribution in [3.63, 3.8) is 0 Å². The van der Waals surface area contributed by atoms with Crippen molar-refractivity contribution in [1.82, 2.24) is 14.5 Å². The second-order valence-electron chi connectivity index (χ2n) is 4.49. The van der Waals surface area contributed by atoms with Crippen LogP contribution in [0.1, 0.15) is 21.0 Å². The van der Waals surface area contributed by atoms with Crippen LogP contribution >= 0.6 is 11.3 Å². The van der Waals surface area contributed by atoms with Crippen molar-refractivity contribution in [3.8, 4) is 10.6 Å². The van der Waals surface area contributed by atoms with Gasteiger partial charge in [-0.3, -0.25) is 14.6 Å². The van der Waals surface area contributed by atoms with Gasteiger partial charge in [-0.25, -0.2) is 4.98 Å². The highest BCUT2D eigenvalue weighted by molar-refractivity contribution is 7.19. The van der Waals surface area contributed by atoms with E-state index in [0.29, 0.717) is 15.7 Å². The molecule has 0 radical (unpaired) electrons. The number of nitrogens with two attached hydrogens (primary N) is 2. The Kier molecular flexibility index (Phi) is 5.21. The largest absolute Gasteiger partial charge is 0.389 e. The molecule has 0 unspecified atom stereocenters. The van der Waals surface area contributed by atoms with Crippen molar-refractivity contribution in [2.75, 3.05) is 5.73 Å². The summed E-state index contributed by atoms with van der Waals surface area (Å²) in [5, 5.41) is 1.01. The molecule has 0 saturated carbocycles. The van der Waals surface area contributed by atoms with Gasteiger partial charge in [0.2, 0.25) is 0 Å². The maximum absolute atomic E-state index is 10.9. The van der Waals surface area contributed by atoms with E-state index in [1.54, 1.807) is 35.2 Å². The molecule has 0 spiro atoms. The zero-order valence-corrected chi connectivity index (χ0v) is 13.2. The Morgan fingerprint density at radius 1 is 1.30 bits per heavy atom.